The highest BCUT2D eigenvalue weighted by molar-refractivity contribution is 7.99. The molecule has 6 heteroatoms. The fourth-order valence-electron chi connectivity index (χ4n) is 2.11. The van der Waals surface area contributed by atoms with Crippen LogP contribution in [-0.4, -0.2) is 24.8 Å². The summed E-state index contributed by atoms with van der Waals surface area (Å²) in [5, 5.41) is 3.16. The summed E-state index contributed by atoms with van der Waals surface area (Å²) >= 11 is 7.07. The first-order valence-corrected chi connectivity index (χ1v) is 9.47. The van der Waals surface area contributed by atoms with Gasteiger partial charge in [-0.15, -0.1) is 11.8 Å². The number of benzene rings is 2. The number of hydrogen-bond donors (Lipinski definition) is 1. The molecule has 25 heavy (non-hydrogen) atoms. The number of thioether (sulfide) groups is 1. The van der Waals surface area contributed by atoms with Crippen LogP contribution in [0.1, 0.15) is 16.7 Å². The number of halogens is 2. The predicted molar refractivity (Wildman–Crippen MR) is 102 cm³/mol. The van der Waals surface area contributed by atoms with Crippen molar-refractivity contribution in [3.8, 4) is 5.75 Å². The van der Waals surface area contributed by atoms with Crippen molar-refractivity contribution in [1.82, 2.24) is 5.32 Å². The van der Waals surface area contributed by atoms with Crippen molar-refractivity contribution in [3.05, 3.63) is 63.9 Å². The van der Waals surface area contributed by atoms with Crippen molar-refractivity contribution in [2.45, 2.75) is 19.6 Å². The summed E-state index contributed by atoms with van der Waals surface area (Å²) in [6.07, 6.45) is 0. The minimum Gasteiger partial charge on any atom is -0.492 e. The summed E-state index contributed by atoms with van der Waals surface area (Å²) < 4.78 is 19.2. The first-order valence-electron chi connectivity index (χ1n) is 7.94. The Labute approximate surface area is 156 Å². The SMILES string of the molecule is Cc1ccc(OCCNC(=O)CSCc2ccc(Cl)cc2F)cc1C. The van der Waals surface area contributed by atoms with Crippen LogP contribution in [0.15, 0.2) is 36.4 Å². The zero-order valence-electron chi connectivity index (χ0n) is 14.3. The Balaban J connectivity index is 1.63. The molecule has 0 radical (unpaired) electrons. The molecule has 1 N–H and O–H groups in total. The molecule has 2 aromatic rings. The molecular formula is C19H21ClFNO2S. The van der Waals surface area contributed by atoms with Crippen LogP contribution >= 0.6 is 23.4 Å². The van der Waals surface area contributed by atoms with E-state index in [1.165, 1.54) is 29.0 Å². The van der Waals surface area contributed by atoms with Gasteiger partial charge in [-0.25, -0.2) is 4.39 Å². The molecule has 0 aromatic heterocycles. The molecule has 0 saturated heterocycles. The number of rotatable bonds is 8. The van der Waals surface area contributed by atoms with Gasteiger partial charge in [0.1, 0.15) is 18.2 Å². The van der Waals surface area contributed by atoms with Gasteiger partial charge in [-0.3, -0.25) is 4.79 Å². The fraction of sp³-hybridized carbons (Fsp3) is 0.316. The third kappa shape index (κ3) is 6.59. The third-order valence-corrected chi connectivity index (χ3v) is 4.89. The summed E-state index contributed by atoms with van der Waals surface area (Å²) in [6, 6.07) is 10.5. The lowest BCUT2D eigenvalue weighted by atomic mass is 10.1. The molecule has 0 aliphatic rings. The minimum absolute atomic E-state index is 0.0944. The molecule has 3 nitrogen and oxygen atoms in total. The molecular weight excluding hydrogens is 361 g/mol. The van der Waals surface area contributed by atoms with Gasteiger partial charge < -0.3 is 10.1 Å². The lowest BCUT2D eigenvalue weighted by molar-refractivity contribution is -0.118. The van der Waals surface area contributed by atoms with E-state index in [2.05, 4.69) is 5.32 Å². The van der Waals surface area contributed by atoms with Crippen molar-refractivity contribution in [3.63, 3.8) is 0 Å². The molecule has 2 rings (SSSR count). The molecule has 0 spiro atoms. The van der Waals surface area contributed by atoms with Crippen LogP contribution in [0.3, 0.4) is 0 Å². The molecule has 134 valence electrons. The van der Waals surface area contributed by atoms with E-state index >= 15 is 0 Å². The smallest absolute Gasteiger partial charge is 0.230 e. The van der Waals surface area contributed by atoms with E-state index in [9.17, 15) is 9.18 Å². The van der Waals surface area contributed by atoms with Crippen LogP contribution in [0, 0.1) is 19.7 Å². The van der Waals surface area contributed by atoms with E-state index in [0.717, 1.165) is 5.75 Å². The van der Waals surface area contributed by atoms with Gasteiger partial charge in [0.2, 0.25) is 5.91 Å². The topological polar surface area (TPSA) is 38.3 Å². The van der Waals surface area contributed by atoms with Gasteiger partial charge in [-0.1, -0.05) is 23.7 Å². The monoisotopic (exact) mass is 381 g/mol. The number of carbonyl (C=O) groups excluding carboxylic acids is 1. The van der Waals surface area contributed by atoms with Gasteiger partial charge >= 0.3 is 0 Å². The summed E-state index contributed by atoms with van der Waals surface area (Å²) in [5.74, 6) is 1.05. The standard InChI is InChI=1S/C19H21ClFNO2S/c1-13-3-6-17(9-14(13)2)24-8-7-22-19(23)12-25-11-15-4-5-16(20)10-18(15)21/h3-6,9-10H,7-8,11-12H2,1-2H3,(H,22,23). The first-order chi connectivity index (χ1) is 12.0. The average molecular weight is 382 g/mol. The zero-order valence-corrected chi connectivity index (χ0v) is 15.8. The van der Waals surface area contributed by atoms with E-state index in [1.54, 1.807) is 12.1 Å². The fourth-order valence-corrected chi connectivity index (χ4v) is 3.11. The number of nitrogens with one attached hydrogen (secondary N) is 1. The number of carbonyl (C=O) groups is 1. The highest BCUT2D eigenvalue weighted by Crippen LogP contribution is 2.19. The highest BCUT2D eigenvalue weighted by atomic mass is 35.5. The van der Waals surface area contributed by atoms with E-state index in [4.69, 9.17) is 16.3 Å². The minimum atomic E-state index is -0.345. The molecule has 0 aliphatic carbocycles. The first kappa shape index (κ1) is 19.6. The normalized spacial score (nSPS) is 10.6. The number of aryl methyl sites for hydroxylation is 2. The van der Waals surface area contributed by atoms with Gasteiger partial charge in [0, 0.05) is 10.8 Å². The van der Waals surface area contributed by atoms with Crippen molar-refractivity contribution < 1.29 is 13.9 Å². The summed E-state index contributed by atoms with van der Waals surface area (Å²) in [5.41, 5.74) is 2.93. The molecule has 0 aliphatic heterocycles. The van der Waals surface area contributed by atoms with E-state index < -0.39 is 0 Å². The zero-order chi connectivity index (χ0) is 18.2. The lowest BCUT2D eigenvalue weighted by Crippen LogP contribution is -2.29. The van der Waals surface area contributed by atoms with Crippen LogP contribution in [0.5, 0.6) is 5.75 Å². The Morgan fingerprint density at radius 1 is 1.20 bits per heavy atom. The number of hydrogen-bond acceptors (Lipinski definition) is 3. The van der Waals surface area contributed by atoms with Gasteiger partial charge in [-0.05, 0) is 54.8 Å². The third-order valence-electron chi connectivity index (χ3n) is 3.68. The molecule has 1 amide bonds. The highest BCUT2D eigenvalue weighted by Gasteiger charge is 2.06. The van der Waals surface area contributed by atoms with Crippen molar-refractivity contribution in [1.29, 1.82) is 0 Å². The Bertz CT molecular complexity index is 739. The summed E-state index contributed by atoms with van der Waals surface area (Å²) in [6.45, 7) is 4.92. The Hall–Kier alpha value is -1.72. The Kier molecular flexibility index (Phi) is 7.59. The van der Waals surface area contributed by atoms with Crippen LogP contribution < -0.4 is 10.1 Å². The van der Waals surface area contributed by atoms with Crippen molar-refractivity contribution >= 4 is 29.3 Å². The predicted octanol–water partition coefficient (Wildman–Crippen LogP) is 4.52. The van der Waals surface area contributed by atoms with Crippen LogP contribution in [0.25, 0.3) is 0 Å². The van der Waals surface area contributed by atoms with Gasteiger partial charge in [0.15, 0.2) is 0 Å². The Morgan fingerprint density at radius 3 is 2.72 bits per heavy atom. The molecule has 0 heterocycles. The van der Waals surface area contributed by atoms with Crippen LogP contribution in [-0.2, 0) is 10.5 Å². The largest absolute Gasteiger partial charge is 0.492 e. The molecule has 0 fully saturated rings. The van der Waals surface area contributed by atoms with E-state index in [1.807, 2.05) is 32.0 Å². The van der Waals surface area contributed by atoms with Crippen LogP contribution in [0.4, 0.5) is 4.39 Å². The maximum Gasteiger partial charge on any atom is 0.230 e. The van der Waals surface area contributed by atoms with E-state index in [0.29, 0.717) is 29.5 Å². The van der Waals surface area contributed by atoms with Crippen molar-refractivity contribution in [2.75, 3.05) is 18.9 Å². The Morgan fingerprint density at radius 2 is 2.00 bits per heavy atom. The average Bonchev–Trinajstić information content (AvgIpc) is 2.57. The number of ether oxygens (including phenoxy) is 1. The molecule has 0 atom stereocenters. The quantitative estimate of drug-likeness (QED) is 0.683. The molecule has 0 saturated carbocycles. The maximum absolute atomic E-state index is 13.6. The number of amides is 1. The maximum atomic E-state index is 13.6. The second-order valence-electron chi connectivity index (χ2n) is 5.67. The summed E-state index contributed by atoms with van der Waals surface area (Å²) in [7, 11) is 0. The second-order valence-corrected chi connectivity index (χ2v) is 7.10. The van der Waals surface area contributed by atoms with Gasteiger partial charge in [-0.2, -0.15) is 0 Å². The molecule has 0 unspecified atom stereocenters. The molecule has 2 aromatic carbocycles. The second kappa shape index (κ2) is 9.68. The lowest BCUT2D eigenvalue weighted by Gasteiger charge is -2.09. The van der Waals surface area contributed by atoms with E-state index in [-0.39, 0.29) is 17.5 Å². The summed E-state index contributed by atoms with van der Waals surface area (Å²) in [4.78, 5) is 11.8. The van der Waals surface area contributed by atoms with Crippen molar-refractivity contribution in [2.24, 2.45) is 0 Å². The molecule has 0 bridgehead atoms. The van der Waals surface area contributed by atoms with Crippen LogP contribution in [0.2, 0.25) is 5.02 Å². The van der Waals surface area contributed by atoms with Gasteiger partial charge in [0.25, 0.3) is 0 Å². The van der Waals surface area contributed by atoms with Gasteiger partial charge in [0.05, 0.1) is 12.3 Å².